The normalized spacial score (nSPS) is 13.6. The Hall–Kier alpha value is -1.13. The molecule has 0 aliphatic rings. The largest absolute Gasteiger partial charge is 0.489 e. The van der Waals surface area contributed by atoms with Crippen LogP contribution in [0.3, 0.4) is 0 Å². The molecule has 1 aromatic rings. The molecule has 0 spiro atoms. The highest BCUT2D eigenvalue weighted by Crippen LogP contribution is 2.35. The van der Waals surface area contributed by atoms with E-state index in [1.807, 2.05) is 33.2 Å². The Kier molecular flexibility index (Phi) is 6.43. The summed E-state index contributed by atoms with van der Waals surface area (Å²) in [5.41, 5.74) is 0.864. The Balaban J connectivity index is 3.11. The zero-order valence-electron chi connectivity index (χ0n) is 13.6. The highest BCUT2D eigenvalue weighted by Gasteiger charge is 2.36. The Morgan fingerprint density at radius 2 is 1.90 bits per heavy atom. The number of pyridine rings is 1. The van der Waals surface area contributed by atoms with E-state index in [4.69, 9.17) is 9.47 Å². The SMILES string of the molecule is CCC(CC)(OC)C(NC)c1cncc(OC(C)C)c1. The molecule has 1 unspecified atom stereocenters. The first kappa shape index (κ1) is 16.9. The van der Waals surface area contributed by atoms with Gasteiger partial charge in [0.1, 0.15) is 5.75 Å². The molecule has 1 rings (SSSR count). The van der Waals surface area contributed by atoms with Gasteiger partial charge in [-0.15, -0.1) is 0 Å². The van der Waals surface area contributed by atoms with Crippen LogP contribution in [0.2, 0.25) is 0 Å². The summed E-state index contributed by atoms with van der Waals surface area (Å²) in [5.74, 6) is 0.801. The number of hydrogen-bond acceptors (Lipinski definition) is 4. The minimum Gasteiger partial charge on any atom is -0.489 e. The molecule has 1 heterocycles. The smallest absolute Gasteiger partial charge is 0.138 e. The Labute approximate surface area is 122 Å². The van der Waals surface area contributed by atoms with Crippen molar-refractivity contribution in [1.29, 1.82) is 0 Å². The average Bonchev–Trinajstić information content (AvgIpc) is 2.44. The second-order valence-electron chi connectivity index (χ2n) is 5.32. The summed E-state index contributed by atoms with van der Waals surface area (Å²) in [5, 5.41) is 3.37. The van der Waals surface area contributed by atoms with Gasteiger partial charge in [-0.25, -0.2) is 0 Å². The molecule has 0 aliphatic heterocycles. The van der Waals surface area contributed by atoms with Crippen LogP contribution in [0.5, 0.6) is 5.75 Å². The topological polar surface area (TPSA) is 43.4 Å². The van der Waals surface area contributed by atoms with Crippen LogP contribution in [0, 0.1) is 0 Å². The summed E-state index contributed by atoms with van der Waals surface area (Å²) in [4.78, 5) is 4.30. The molecule has 0 fully saturated rings. The first-order chi connectivity index (χ1) is 9.52. The van der Waals surface area contributed by atoms with Crippen LogP contribution in [0.25, 0.3) is 0 Å². The summed E-state index contributed by atoms with van der Waals surface area (Å²) in [6, 6.07) is 2.14. The molecule has 0 radical (unpaired) electrons. The predicted octanol–water partition coefficient (Wildman–Crippen LogP) is 3.33. The second-order valence-corrected chi connectivity index (χ2v) is 5.32. The van der Waals surface area contributed by atoms with Crippen molar-refractivity contribution in [1.82, 2.24) is 10.3 Å². The van der Waals surface area contributed by atoms with Crippen LogP contribution in [0.15, 0.2) is 18.5 Å². The first-order valence-electron chi connectivity index (χ1n) is 7.37. The van der Waals surface area contributed by atoms with Crippen molar-refractivity contribution in [3.05, 3.63) is 24.0 Å². The van der Waals surface area contributed by atoms with E-state index < -0.39 is 0 Å². The molecule has 1 N–H and O–H groups in total. The molecule has 0 saturated heterocycles. The Bertz CT molecular complexity index is 395. The quantitative estimate of drug-likeness (QED) is 0.793. The number of ether oxygens (including phenoxy) is 2. The van der Waals surface area contributed by atoms with Gasteiger partial charge in [0, 0.05) is 13.3 Å². The van der Waals surface area contributed by atoms with Crippen molar-refractivity contribution >= 4 is 0 Å². The molecule has 4 heteroatoms. The third-order valence-corrected chi connectivity index (χ3v) is 3.86. The van der Waals surface area contributed by atoms with Gasteiger partial charge in [-0.05, 0) is 45.4 Å². The highest BCUT2D eigenvalue weighted by atomic mass is 16.5. The highest BCUT2D eigenvalue weighted by molar-refractivity contribution is 5.28. The lowest BCUT2D eigenvalue weighted by Crippen LogP contribution is -2.43. The Morgan fingerprint density at radius 1 is 1.25 bits per heavy atom. The lowest BCUT2D eigenvalue weighted by Gasteiger charge is -2.38. The van der Waals surface area contributed by atoms with E-state index in [2.05, 4.69) is 24.1 Å². The number of methoxy groups -OCH3 is 1. The molecule has 0 bridgehead atoms. The van der Waals surface area contributed by atoms with E-state index in [-0.39, 0.29) is 17.7 Å². The lowest BCUT2D eigenvalue weighted by molar-refractivity contribution is -0.0469. The maximum atomic E-state index is 5.83. The first-order valence-corrected chi connectivity index (χ1v) is 7.37. The fraction of sp³-hybridized carbons (Fsp3) is 0.688. The van der Waals surface area contributed by atoms with Gasteiger partial charge in [-0.1, -0.05) is 13.8 Å². The van der Waals surface area contributed by atoms with Gasteiger partial charge >= 0.3 is 0 Å². The minimum absolute atomic E-state index is 0.0886. The van der Waals surface area contributed by atoms with Crippen LogP contribution in [0.4, 0.5) is 0 Å². The number of rotatable bonds is 8. The lowest BCUT2D eigenvalue weighted by atomic mass is 9.84. The van der Waals surface area contributed by atoms with Crippen molar-refractivity contribution < 1.29 is 9.47 Å². The van der Waals surface area contributed by atoms with Crippen molar-refractivity contribution in [2.24, 2.45) is 0 Å². The van der Waals surface area contributed by atoms with Crippen LogP contribution in [0.1, 0.15) is 52.1 Å². The average molecular weight is 280 g/mol. The second kappa shape index (κ2) is 7.60. The summed E-state index contributed by atoms with van der Waals surface area (Å²) < 4.78 is 11.6. The predicted molar refractivity (Wildman–Crippen MR) is 82.1 cm³/mol. The van der Waals surface area contributed by atoms with Crippen molar-refractivity contribution in [3.63, 3.8) is 0 Å². The molecule has 114 valence electrons. The third-order valence-electron chi connectivity index (χ3n) is 3.86. The number of likely N-dealkylation sites (N-methyl/N-ethyl adjacent to an activating group) is 1. The van der Waals surface area contributed by atoms with Crippen molar-refractivity contribution in [3.8, 4) is 5.75 Å². The fourth-order valence-electron chi connectivity index (χ4n) is 2.73. The van der Waals surface area contributed by atoms with E-state index in [0.29, 0.717) is 0 Å². The number of aromatic nitrogens is 1. The van der Waals surface area contributed by atoms with Crippen molar-refractivity contribution in [2.45, 2.75) is 58.3 Å². The van der Waals surface area contributed by atoms with Gasteiger partial charge in [0.15, 0.2) is 0 Å². The number of nitrogens with zero attached hydrogens (tertiary/aromatic N) is 1. The number of hydrogen-bond donors (Lipinski definition) is 1. The summed E-state index contributed by atoms with van der Waals surface area (Å²) >= 11 is 0. The Morgan fingerprint density at radius 3 is 2.35 bits per heavy atom. The maximum Gasteiger partial charge on any atom is 0.138 e. The van der Waals surface area contributed by atoms with E-state index in [9.17, 15) is 0 Å². The van der Waals surface area contributed by atoms with Crippen molar-refractivity contribution in [2.75, 3.05) is 14.2 Å². The molecule has 0 saturated carbocycles. The molecule has 1 atom stereocenters. The van der Waals surface area contributed by atoms with E-state index >= 15 is 0 Å². The number of nitrogens with one attached hydrogen (secondary N) is 1. The monoisotopic (exact) mass is 280 g/mol. The molecule has 0 aliphatic carbocycles. The summed E-state index contributed by atoms with van der Waals surface area (Å²) in [6.07, 6.45) is 5.64. The van der Waals surface area contributed by atoms with Crippen LogP contribution in [-0.4, -0.2) is 30.8 Å². The molecular formula is C16H28N2O2. The summed E-state index contributed by atoms with van der Waals surface area (Å²) in [7, 11) is 3.74. The van der Waals surface area contributed by atoms with Crippen LogP contribution < -0.4 is 10.1 Å². The molecule has 0 amide bonds. The molecule has 0 aromatic carbocycles. The van der Waals surface area contributed by atoms with E-state index in [1.165, 1.54) is 0 Å². The zero-order valence-corrected chi connectivity index (χ0v) is 13.6. The van der Waals surface area contributed by atoms with Crippen LogP contribution in [-0.2, 0) is 4.74 Å². The standard InChI is InChI=1S/C16H28N2O2/c1-7-16(8-2,19-6)15(17-5)13-9-14(11-18-10-13)20-12(3)4/h9-12,15,17H,7-8H2,1-6H3. The summed E-state index contributed by atoms with van der Waals surface area (Å²) in [6.45, 7) is 8.33. The minimum atomic E-state index is -0.229. The van der Waals surface area contributed by atoms with Crippen LogP contribution >= 0.6 is 0 Å². The van der Waals surface area contributed by atoms with E-state index in [1.54, 1.807) is 13.3 Å². The third kappa shape index (κ3) is 3.70. The fourth-order valence-corrected chi connectivity index (χ4v) is 2.73. The van der Waals surface area contributed by atoms with Gasteiger partial charge in [0.05, 0.1) is 23.9 Å². The molecule has 4 nitrogen and oxygen atoms in total. The molecule has 1 aromatic heterocycles. The van der Waals surface area contributed by atoms with Gasteiger partial charge in [-0.2, -0.15) is 0 Å². The van der Waals surface area contributed by atoms with Gasteiger partial charge in [0.25, 0.3) is 0 Å². The van der Waals surface area contributed by atoms with Gasteiger partial charge in [-0.3, -0.25) is 4.98 Å². The molecule has 20 heavy (non-hydrogen) atoms. The van der Waals surface area contributed by atoms with E-state index in [0.717, 1.165) is 24.2 Å². The maximum absolute atomic E-state index is 5.83. The zero-order chi connectivity index (χ0) is 15.2. The molecular weight excluding hydrogens is 252 g/mol. The van der Waals surface area contributed by atoms with Gasteiger partial charge < -0.3 is 14.8 Å². The van der Waals surface area contributed by atoms with Gasteiger partial charge in [0.2, 0.25) is 0 Å².